The molecule has 8 heteroatoms. The van der Waals surface area contributed by atoms with Crippen molar-refractivity contribution in [1.82, 2.24) is 14.8 Å². The highest BCUT2D eigenvalue weighted by molar-refractivity contribution is 6.30. The molecule has 0 saturated heterocycles. The van der Waals surface area contributed by atoms with Gasteiger partial charge in [0.1, 0.15) is 11.3 Å². The fraction of sp³-hybridized carbons (Fsp3) is 0.111. The predicted molar refractivity (Wildman–Crippen MR) is 97.8 cm³/mol. The summed E-state index contributed by atoms with van der Waals surface area (Å²) in [4.78, 5) is 28.1. The summed E-state index contributed by atoms with van der Waals surface area (Å²) in [7, 11) is 1.32. The van der Waals surface area contributed by atoms with Gasteiger partial charge in [-0.15, -0.1) is 0 Å². The van der Waals surface area contributed by atoms with E-state index in [0.29, 0.717) is 27.6 Å². The van der Waals surface area contributed by atoms with Crippen LogP contribution in [0, 0.1) is 6.92 Å². The third kappa shape index (κ3) is 3.57. The van der Waals surface area contributed by atoms with Gasteiger partial charge in [-0.1, -0.05) is 23.7 Å². The van der Waals surface area contributed by atoms with E-state index in [2.05, 4.69) is 20.2 Å². The van der Waals surface area contributed by atoms with Gasteiger partial charge in [0.2, 0.25) is 0 Å². The molecule has 0 unspecified atom stereocenters. The molecule has 1 amide bonds. The summed E-state index contributed by atoms with van der Waals surface area (Å²) in [6.07, 6.45) is 3.10. The second-order valence-electron chi connectivity index (χ2n) is 5.43. The number of ether oxygens (including phenoxy) is 1. The first kappa shape index (κ1) is 17.6. The second-order valence-corrected chi connectivity index (χ2v) is 5.87. The first-order valence-corrected chi connectivity index (χ1v) is 8.03. The maximum absolute atomic E-state index is 12.4. The molecule has 0 bridgehead atoms. The molecule has 0 aliphatic rings. The van der Waals surface area contributed by atoms with Crippen molar-refractivity contribution in [3.05, 3.63) is 70.1 Å². The van der Waals surface area contributed by atoms with E-state index in [9.17, 15) is 9.59 Å². The number of carbonyl (C=O) groups excluding carboxylic acids is 2. The lowest BCUT2D eigenvalue weighted by atomic mass is 10.1. The fourth-order valence-electron chi connectivity index (χ4n) is 2.45. The number of hydrazone groups is 1. The number of benzene rings is 1. The standard InChI is InChI=1S/C18H15ClN4O3/c1-11-16(23-10-14(19)7-8-15(23)21-11)17(24)22-20-9-12-3-5-13(6-4-12)18(25)26-2/h3-10H,1-2H3,(H,22,24)/b20-9-. The molecule has 0 fully saturated rings. The Morgan fingerprint density at radius 2 is 1.96 bits per heavy atom. The lowest BCUT2D eigenvalue weighted by Crippen LogP contribution is -2.20. The van der Waals surface area contributed by atoms with E-state index in [1.807, 2.05) is 0 Å². The van der Waals surface area contributed by atoms with E-state index in [1.165, 1.54) is 13.3 Å². The molecule has 2 aromatic heterocycles. The number of methoxy groups -OCH3 is 1. The number of amides is 1. The maximum Gasteiger partial charge on any atom is 0.337 e. The first-order chi connectivity index (χ1) is 12.5. The largest absolute Gasteiger partial charge is 0.465 e. The number of nitrogens with one attached hydrogen (secondary N) is 1. The van der Waals surface area contributed by atoms with Crippen LogP contribution < -0.4 is 5.43 Å². The van der Waals surface area contributed by atoms with Crippen molar-refractivity contribution in [3.8, 4) is 0 Å². The average Bonchev–Trinajstić information content (AvgIpc) is 2.96. The minimum absolute atomic E-state index is 0.362. The third-order valence-electron chi connectivity index (χ3n) is 3.68. The highest BCUT2D eigenvalue weighted by Crippen LogP contribution is 2.16. The van der Waals surface area contributed by atoms with Crippen molar-refractivity contribution in [1.29, 1.82) is 0 Å². The minimum Gasteiger partial charge on any atom is -0.465 e. The van der Waals surface area contributed by atoms with Crippen molar-refractivity contribution in [2.24, 2.45) is 5.10 Å². The number of aromatic nitrogens is 2. The van der Waals surface area contributed by atoms with Gasteiger partial charge in [0.15, 0.2) is 0 Å². The number of halogens is 1. The molecule has 0 radical (unpaired) electrons. The van der Waals surface area contributed by atoms with Crippen LogP contribution in [0.3, 0.4) is 0 Å². The van der Waals surface area contributed by atoms with E-state index < -0.39 is 11.9 Å². The molecule has 26 heavy (non-hydrogen) atoms. The highest BCUT2D eigenvalue weighted by Gasteiger charge is 2.16. The number of nitrogens with zero attached hydrogens (tertiary/aromatic N) is 3. The molecule has 0 aliphatic heterocycles. The number of hydrogen-bond donors (Lipinski definition) is 1. The van der Waals surface area contributed by atoms with Gasteiger partial charge in [-0.2, -0.15) is 5.10 Å². The molecular weight excluding hydrogens is 356 g/mol. The summed E-state index contributed by atoms with van der Waals surface area (Å²) < 4.78 is 6.26. The lowest BCUT2D eigenvalue weighted by Gasteiger charge is -2.02. The van der Waals surface area contributed by atoms with E-state index in [-0.39, 0.29) is 0 Å². The van der Waals surface area contributed by atoms with Crippen LogP contribution in [0.4, 0.5) is 0 Å². The Balaban J connectivity index is 1.75. The zero-order valence-corrected chi connectivity index (χ0v) is 14.8. The van der Waals surface area contributed by atoms with E-state index in [0.717, 1.165) is 5.56 Å². The number of aryl methyl sites for hydroxylation is 1. The summed E-state index contributed by atoms with van der Waals surface area (Å²) in [6, 6.07) is 10.1. The van der Waals surface area contributed by atoms with Crippen LogP contribution >= 0.6 is 11.6 Å². The van der Waals surface area contributed by atoms with Crippen molar-refractivity contribution in [2.75, 3.05) is 7.11 Å². The highest BCUT2D eigenvalue weighted by atomic mass is 35.5. The molecule has 1 aromatic carbocycles. The summed E-state index contributed by atoms with van der Waals surface area (Å²) in [5.74, 6) is -0.816. The molecule has 0 atom stereocenters. The summed E-state index contributed by atoms with van der Waals surface area (Å²) in [5.41, 5.74) is 5.18. The summed E-state index contributed by atoms with van der Waals surface area (Å²) >= 11 is 5.99. The van der Waals surface area contributed by atoms with Crippen LogP contribution in [-0.4, -0.2) is 34.6 Å². The molecule has 0 saturated carbocycles. The van der Waals surface area contributed by atoms with E-state index >= 15 is 0 Å². The van der Waals surface area contributed by atoms with Gasteiger partial charge in [-0.3, -0.25) is 9.20 Å². The van der Waals surface area contributed by atoms with Crippen LogP contribution in [0.15, 0.2) is 47.7 Å². The minimum atomic E-state index is -0.413. The molecule has 0 spiro atoms. The topological polar surface area (TPSA) is 85.1 Å². The maximum atomic E-state index is 12.4. The number of carbonyl (C=O) groups is 2. The second kappa shape index (κ2) is 7.37. The fourth-order valence-corrected chi connectivity index (χ4v) is 2.61. The molecule has 2 heterocycles. The lowest BCUT2D eigenvalue weighted by molar-refractivity contribution is 0.0600. The Hall–Kier alpha value is -3.19. The molecule has 0 aliphatic carbocycles. The zero-order chi connectivity index (χ0) is 18.7. The Labute approximate surface area is 154 Å². The van der Waals surface area contributed by atoms with Gasteiger partial charge in [-0.05, 0) is 36.8 Å². The molecule has 3 aromatic rings. The van der Waals surface area contributed by atoms with Crippen LogP contribution in [0.1, 0.15) is 32.1 Å². The predicted octanol–water partition coefficient (Wildman–Crippen LogP) is 2.85. The summed E-state index contributed by atoms with van der Waals surface area (Å²) in [5, 5.41) is 4.45. The molecule has 132 valence electrons. The summed E-state index contributed by atoms with van der Waals surface area (Å²) in [6.45, 7) is 1.74. The van der Waals surface area contributed by atoms with Gasteiger partial charge in [0.05, 0.1) is 29.6 Å². The van der Waals surface area contributed by atoms with Gasteiger partial charge in [0.25, 0.3) is 5.91 Å². The number of hydrogen-bond acceptors (Lipinski definition) is 5. The van der Waals surface area contributed by atoms with Gasteiger partial charge >= 0.3 is 5.97 Å². The van der Waals surface area contributed by atoms with Gasteiger partial charge in [-0.25, -0.2) is 15.2 Å². The number of imidazole rings is 1. The van der Waals surface area contributed by atoms with E-state index in [4.69, 9.17) is 11.6 Å². The van der Waals surface area contributed by atoms with Gasteiger partial charge in [0, 0.05) is 6.20 Å². The smallest absolute Gasteiger partial charge is 0.337 e. The zero-order valence-electron chi connectivity index (χ0n) is 14.1. The molecule has 3 rings (SSSR count). The quantitative estimate of drug-likeness (QED) is 0.434. The van der Waals surface area contributed by atoms with Crippen molar-refractivity contribution in [3.63, 3.8) is 0 Å². The van der Waals surface area contributed by atoms with Crippen molar-refractivity contribution < 1.29 is 14.3 Å². The van der Waals surface area contributed by atoms with Crippen LogP contribution in [0.2, 0.25) is 5.02 Å². The molecule has 7 nitrogen and oxygen atoms in total. The normalized spacial score (nSPS) is 11.0. The molecular formula is C18H15ClN4O3. The number of pyridine rings is 1. The van der Waals surface area contributed by atoms with Crippen LogP contribution in [-0.2, 0) is 4.74 Å². The van der Waals surface area contributed by atoms with Gasteiger partial charge < -0.3 is 4.74 Å². The average molecular weight is 371 g/mol. The number of esters is 1. The van der Waals surface area contributed by atoms with Crippen LogP contribution in [0.5, 0.6) is 0 Å². The Kier molecular flexibility index (Phi) is 4.99. The third-order valence-corrected chi connectivity index (χ3v) is 3.91. The van der Waals surface area contributed by atoms with Crippen molar-refractivity contribution >= 4 is 35.3 Å². The number of fused-ring (bicyclic) bond motifs is 1. The monoisotopic (exact) mass is 370 g/mol. The van der Waals surface area contributed by atoms with Crippen molar-refractivity contribution in [2.45, 2.75) is 6.92 Å². The van der Waals surface area contributed by atoms with E-state index in [1.54, 1.807) is 53.9 Å². The Bertz CT molecular complexity index is 1010. The SMILES string of the molecule is COC(=O)c1ccc(/C=N\NC(=O)c2c(C)nc3ccc(Cl)cn23)cc1. The number of rotatable bonds is 4. The Morgan fingerprint density at radius 1 is 1.23 bits per heavy atom. The Morgan fingerprint density at radius 3 is 2.65 bits per heavy atom. The first-order valence-electron chi connectivity index (χ1n) is 7.65. The molecule has 1 N–H and O–H groups in total. The van der Waals surface area contributed by atoms with Crippen LogP contribution in [0.25, 0.3) is 5.65 Å².